The lowest BCUT2D eigenvalue weighted by Gasteiger charge is -2.22. The van der Waals surface area contributed by atoms with Gasteiger partial charge in [-0.15, -0.1) is 0 Å². The summed E-state index contributed by atoms with van der Waals surface area (Å²) in [4.78, 5) is 0. The lowest BCUT2D eigenvalue weighted by atomic mass is 10.3. The van der Waals surface area contributed by atoms with Gasteiger partial charge >= 0.3 is 5.81 Å². The highest BCUT2D eigenvalue weighted by Crippen LogP contribution is 2.20. The quantitative estimate of drug-likeness (QED) is 0.472. The summed E-state index contributed by atoms with van der Waals surface area (Å²) >= 11 is 2.46. The third-order valence-electron chi connectivity index (χ3n) is 2.34. The fourth-order valence-corrected chi connectivity index (χ4v) is 4.83. The topological polar surface area (TPSA) is 9.23 Å². The molecule has 0 bridgehead atoms. The molecule has 1 unspecified atom stereocenters. The molecule has 0 N–H and O–H groups in total. The molecule has 2 rings (SSSR count). The van der Waals surface area contributed by atoms with Crippen molar-refractivity contribution in [1.82, 2.24) is 0 Å². The summed E-state index contributed by atoms with van der Waals surface area (Å²) in [5.74, 6) is -0.897. The van der Waals surface area contributed by atoms with Gasteiger partial charge in [-0.2, -0.15) is 0 Å². The van der Waals surface area contributed by atoms with Gasteiger partial charge in [0.05, 0.1) is 0 Å². The SMILES string of the molecule is C[Si](I)(Oc1ccccc1)c1ccccc1. The van der Waals surface area contributed by atoms with Crippen molar-refractivity contribution < 1.29 is 4.43 Å². The first-order valence-corrected chi connectivity index (χ1v) is 10.7. The first-order chi connectivity index (χ1) is 7.68. The normalized spacial score (nSPS) is 14.1. The van der Waals surface area contributed by atoms with Gasteiger partial charge in [0.15, 0.2) is 0 Å². The Balaban J connectivity index is 2.21. The number of hydrogen-bond donors (Lipinski definition) is 0. The summed E-state index contributed by atoms with van der Waals surface area (Å²) in [5.41, 5.74) is 0. The fraction of sp³-hybridized carbons (Fsp3) is 0.0769. The minimum absolute atomic E-state index is 0.954. The van der Waals surface area contributed by atoms with E-state index in [-0.39, 0.29) is 0 Å². The molecule has 0 saturated heterocycles. The first-order valence-electron chi connectivity index (χ1n) is 5.17. The second-order valence-electron chi connectivity index (χ2n) is 3.70. The lowest BCUT2D eigenvalue weighted by molar-refractivity contribution is 0.583. The van der Waals surface area contributed by atoms with Crippen LogP contribution in [0.1, 0.15) is 0 Å². The van der Waals surface area contributed by atoms with E-state index in [1.165, 1.54) is 5.19 Å². The molecule has 0 aliphatic carbocycles. The van der Waals surface area contributed by atoms with E-state index in [0.29, 0.717) is 0 Å². The molecule has 2 aromatic rings. The van der Waals surface area contributed by atoms with Crippen LogP contribution in [0.4, 0.5) is 0 Å². The molecule has 0 spiro atoms. The zero-order chi connectivity index (χ0) is 11.4. The van der Waals surface area contributed by atoms with Gasteiger partial charge < -0.3 is 4.43 Å². The molecule has 1 nitrogen and oxygen atoms in total. The van der Waals surface area contributed by atoms with E-state index < -0.39 is 5.81 Å². The molecule has 1 atom stereocenters. The van der Waals surface area contributed by atoms with Crippen LogP contribution in [-0.2, 0) is 0 Å². The van der Waals surface area contributed by atoms with Gasteiger partial charge in [-0.3, -0.25) is 0 Å². The van der Waals surface area contributed by atoms with Crippen LogP contribution in [0.15, 0.2) is 60.7 Å². The molecule has 0 fully saturated rings. The van der Waals surface area contributed by atoms with Crippen molar-refractivity contribution in [2.45, 2.75) is 6.55 Å². The molecule has 0 saturated carbocycles. The second-order valence-corrected chi connectivity index (χ2v) is 12.5. The predicted octanol–water partition coefficient (Wildman–Crippen LogP) is 3.48. The Morgan fingerprint density at radius 3 is 1.94 bits per heavy atom. The number of benzene rings is 2. The average molecular weight is 340 g/mol. The molecule has 2 aromatic carbocycles. The zero-order valence-corrected chi connectivity index (χ0v) is 12.2. The highest BCUT2D eigenvalue weighted by atomic mass is 127. The van der Waals surface area contributed by atoms with E-state index in [1.54, 1.807) is 0 Å². The standard InChI is InChI=1S/C13H13IOSi/c1-16(14,13-10-6-3-7-11-13)15-12-8-4-2-5-9-12/h2-11H,1H3. The average Bonchev–Trinajstić information content (AvgIpc) is 2.31. The van der Waals surface area contributed by atoms with Crippen LogP contribution in [0.3, 0.4) is 0 Å². The van der Waals surface area contributed by atoms with Crippen LogP contribution in [0.25, 0.3) is 0 Å². The van der Waals surface area contributed by atoms with E-state index in [0.717, 1.165) is 5.75 Å². The summed E-state index contributed by atoms with van der Waals surface area (Å²) in [7, 11) is 0. The van der Waals surface area contributed by atoms with E-state index in [2.05, 4.69) is 52.6 Å². The largest absolute Gasteiger partial charge is 0.530 e. The summed E-state index contributed by atoms with van der Waals surface area (Å²) in [6.45, 7) is 2.20. The van der Waals surface area contributed by atoms with Crippen molar-refractivity contribution >= 4 is 32.8 Å². The minimum Gasteiger partial charge on any atom is -0.530 e. The third-order valence-corrected chi connectivity index (χ3v) is 6.85. The van der Waals surface area contributed by atoms with Gasteiger partial charge in [-0.1, -0.05) is 70.3 Å². The molecule has 0 aromatic heterocycles. The summed E-state index contributed by atoms with van der Waals surface area (Å²) in [6.07, 6.45) is 0. The molecule has 82 valence electrons. The Morgan fingerprint density at radius 2 is 1.38 bits per heavy atom. The number of rotatable bonds is 3. The third kappa shape index (κ3) is 2.86. The monoisotopic (exact) mass is 340 g/mol. The fourth-order valence-electron chi connectivity index (χ4n) is 1.50. The predicted molar refractivity (Wildman–Crippen MR) is 78.8 cm³/mol. The number of halogens is 1. The van der Waals surface area contributed by atoms with Gasteiger partial charge in [0.1, 0.15) is 5.75 Å². The van der Waals surface area contributed by atoms with Gasteiger partial charge in [-0.25, -0.2) is 0 Å². The molecule has 0 heterocycles. The minimum atomic E-state index is -1.85. The number of hydrogen-bond acceptors (Lipinski definition) is 1. The van der Waals surface area contributed by atoms with Crippen molar-refractivity contribution in [3.63, 3.8) is 0 Å². The van der Waals surface area contributed by atoms with E-state index in [4.69, 9.17) is 4.43 Å². The lowest BCUT2D eigenvalue weighted by Crippen LogP contribution is -2.44. The molecule has 3 heteroatoms. The zero-order valence-electron chi connectivity index (χ0n) is 9.06. The maximum atomic E-state index is 6.11. The van der Waals surface area contributed by atoms with Crippen LogP contribution >= 0.6 is 21.8 Å². The Labute approximate surface area is 110 Å². The summed E-state index contributed by atoms with van der Waals surface area (Å²) in [5, 5.41) is 1.31. The van der Waals surface area contributed by atoms with E-state index >= 15 is 0 Å². The maximum absolute atomic E-state index is 6.11. The molecule has 16 heavy (non-hydrogen) atoms. The molecular formula is C13H13IOSi. The number of para-hydroxylation sites is 1. The highest BCUT2D eigenvalue weighted by Gasteiger charge is 2.29. The summed E-state index contributed by atoms with van der Waals surface area (Å²) < 4.78 is 6.11. The molecule has 0 radical (unpaired) electrons. The van der Waals surface area contributed by atoms with Crippen molar-refractivity contribution in [3.8, 4) is 5.75 Å². The Hall–Kier alpha value is -0.813. The van der Waals surface area contributed by atoms with Gasteiger partial charge in [0.2, 0.25) is 0 Å². The summed E-state index contributed by atoms with van der Waals surface area (Å²) in [6, 6.07) is 20.5. The molecule has 0 aliphatic rings. The van der Waals surface area contributed by atoms with Gasteiger partial charge in [0, 0.05) is 0 Å². The van der Waals surface area contributed by atoms with Crippen molar-refractivity contribution in [3.05, 3.63) is 60.7 Å². The van der Waals surface area contributed by atoms with Crippen LogP contribution in [0, 0.1) is 0 Å². The van der Waals surface area contributed by atoms with Gasteiger partial charge in [-0.05, 0) is 23.9 Å². The van der Waals surface area contributed by atoms with Crippen molar-refractivity contribution in [1.29, 1.82) is 0 Å². The van der Waals surface area contributed by atoms with E-state index in [1.807, 2.05) is 36.4 Å². The smallest absolute Gasteiger partial charge is 0.345 e. The molecular weight excluding hydrogens is 327 g/mol. The van der Waals surface area contributed by atoms with E-state index in [9.17, 15) is 0 Å². The van der Waals surface area contributed by atoms with Gasteiger partial charge in [0.25, 0.3) is 0 Å². The molecule has 0 amide bonds. The van der Waals surface area contributed by atoms with Crippen LogP contribution in [-0.4, -0.2) is 5.81 Å². The Bertz CT molecular complexity index is 442. The Kier molecular flexibility index (Phi) is 3.65. The second kappa shape index (κ2) is 5.01. The highest BCUT2D eigenvalue weighted by molar-refractivity contribution is 14.1. The van der Waals surface area contributed by atoms with Crippen LogP contribution in [0.5, 0.6) is 5.75 Å². The van der Waals surface area contributed by atoms with Crippen molar-refractivity contribution in [2.24, 2.45) is 0 Å². The van der Waals surface area contributed by atoms with Crippen molar-refractivity contribution in [2.75, 3.05) is 0 Å². The Morgan fingerprint density at radius 1 is 0.875 bits per heavy atom. The van der Waals surface area contributed by atoms with Crippen LogP contribution in [0.2, 0.25) is 6.55 Å². The molecule has 0 aliphatic heterocycles. The first kappa shape index (κ1) is 11.7. The maximum Gasteiger partial charge on any atom is 0.345 e. The van der Waals surface area contributed by atoms with Crippen LogP contribution < -0.4 is 9.61 Å².